The summed E-state index contributed by atoms with van der Waals surface area (Å²) < 4.78 is 13.6. The summed E-state index contributed by atoms with van der Waals surface area (Å²) in [5, 5.41) is 13.3. The quantitative estimate of drug-likeness (QED) is 0.850. The maximum Gasteiger partial charge on any atom is 0.129 e. The molecule has 1 fully saturated rings. The van der Waals surface area contributed by atoms with Gasteiger partial charge in [0.15, 0.2) is 0 Å². The van der Waals surface area contributed by atoms with Crippen molar-refractivity contribution >= 4 is 5.69 Å². The summed E-state index contributed by atoms with van der Waals surface area (Å²) in [7, 11) is 0. The van der Waals surface area contributed by atoms with Gasteiger partial charge in [-0.15, -0.1) is 0 Å². The molecule has 24 heavy (non-hydrogen) atoms. The zero-order valence-electron chi connectivity index (χ0n) is 13.9. The first-order valence-electron chi connectivity index (χ1n) is 8.71. The van der Waals surface area contributed by atoms with E-state index in [1.807, 2.05) is 0 Å². The lowest BCUT2D eigenvalue weighted by molar-refractivity contribution is 0.169. The molecule has 1 aliphatic rings. The number of hydrogen-bond donors (Lipinski definition) is 2. The molecule has 0 bridgehead atoms. The predicted octanol–water partition coefficient (Wildman–Crippen LogP) is 3.64. The minimum atomic E-state index is -0.834. The van der Waals surface area contributed by atoms with Crippen LogP contribution in [0.15, 0.2) is 48.5 Å². The van der Waals surface area contributed by atoms with Crippen LogP contribution in [0.5, 0.6) is 0 Å². The number of nitrogens with zero attached hydrogens (tertiary/aromatic N) is 1. The molecule has 0 radical (unpaired) electrons. The summed E-state index contributed by atoms with van der Waals surface area (Å²) in [6, 6.07) is 14.9. The van der Waals surface area contributed by atoms with Crippen LogP contribution >= 0.6 is 0 Å². The fourth-order valence-electron chi connectivity index (χ4n) is 3.19. The number of piperidine rings is 1. The van der Waals surface area contributed by atoms with Crippen molar-refractivity contribution in [3.63, 3.8) is 0 Å². The molecule has 3 rings (SSSR count). The highest BCUT2D eigenvalue weighted by atomic mass is 19.1. The van der Waals surface area contributed by atoms with Crippen LogP contribution < -0.4 is 10.2 Å². The number of anilines is 1. The van der Waals surface area contributed by atoms with Gasteiger partial charge in [-0.3, -0.25) is 0 Å². The van der Waals surface area contributed by atoms with Crippen molar-refractivity contribution in [3.8, 4) is 0 Å². The van der Waals surface area contributed by atoms with E-state index in [0.29, 0.717) is 18.7 Å². The Morgan fingerprint density at radius 2 is 1.71 bits per heavy atom. The van der Waals surface area contributed by atoms with Crippen molar-refractivity contribution in [2.45, 2.75) is 31.9 Å². The van der Waals surface area contributed by atoms with Crippen molar-refractivity contribution in [1.29, 1.82) is 0 Å². The highest BCUT2D eigenvalue weighted by Crippen LogP contribution is 2.20. The number of aliphatic hydroxyl groups excluding tert-OH is 1. The summed E-state index contributed by atoms with van der Waals surface area (Å²) in [5.41, 5.74) is 2.78. The van der Waals surface area contributed by atoms with E-state index in [1.165, 1.54) is 31.0 Å². The van der Waals surface area contributed by atoms with E-state index in [0.717, 1.165) is 18.7 Å². The molecule has 2 N–H and O–H groups in total. The number of nitrogens with one attached hydrogen (secondary N) is 1. The Labute approximate surface area is 143 Å². The molecule has 1 aliphatic heterocycles. The van der Waals surface area contributed by atoms with Gasteiger partial charge in [-0.05, 0) is 43.0 Å². The van der Waals surface area contributed by atoms with Crippen molar-refractivity contribution in [1.82, 2.24) is 5.32 Å². The first kappa shape index (κ1) is 16.9. The van der Waals surface area contributed by atoms with Crippen LogP contribution in [0.3, 0.4) is 0 Å². The second kappa shape index (κ2) is 8.27. The van der Waals surface area contributed by atoms with Crippen LogP contribution in [0, 0.1) is 5.82 Å². The molecule has 4 heteroatoms. The first-order valence-corrected chi connectivity index (χ1v) is 8.71. The van der Waals surface area contributed by atoms with E-state index in [2.05, 4.69) is 34.5 Å². The minimum Gasteiger partial charge on any atom is -0.387 e. The monoisotopic (exact) mass is 328 g/mol. The molecule has 2 aromatic rings. The topological polar surface area (TPSA) is 35.5 Å². The molecular formula is C20H25FN2O. The zero-order chi connectivity index (χ0) is 16.8. The van der Waals surface area contributed by atoms with Gasteiger partial charge < -0.3 is 15.3 Å². The largest absolute Gasteiger partial charge is 0.387 e. The summed E-state index contributed by atoms with van der Waals surface area (Å²) in [4.78, 5) is 2.43. The van der Waals surface area contributed by atoms with Crippen molar-refractivity contribution in [3.05, 3.63) is 65.5 Å². The first-order chi connectivity index (χ1) is 11.7. The number of hydrogen-bond acceptors (Lipinski definition) is 3. The van der Waals surface area contributed by atoms with Crippen LogP contribution in [0.25, 0.3) is 0 Å². The molecule has 0 aliphatic carbocycles. The minimum absolute atomic E-state index is 0.328. The maximum absolute atomic E-state index is 13.6. The molecule has 1 atom stereocenters. The van der Waals surface area contributed by atoms with Gasteiger partial charge in [0, 0.05) is 37.4 Å². The van der Waals surface area contributed by atoms with Crippen molar-refractivity contribution < 1.29 is 9.50 Å². The molecule has 1 saturated heterocycles. The summed E-state index contributed by atoms with van der Waals surface area (Å²) in [5.74, 6) is -0.363. The molecule has 0 spiro atoms. The third-order valence-electron chi connectivity index (χ3n) is 4.59. The second-order valence-electron chi connectivity index (χ2n) is 6.38. The number of aliphatic hydroxyl groups is 1. The molecule has 0 saturated carbocycles. The van der Waals surface area contributed by atoms with E-state index in [1.54, 1.807) is 18.2 Å². The molecular weight excluding hydrogens is 303 g/mol. The number of rotatable bonds is 6. The molecule has 0 amide bonds. The Hall–Kier alpha value is -1.91. The van der Waals surface area contributed by atoms with Crippen LogP contribution in [0.2, 0.25) is 0 Å². The Morgan fingerprint density at radius 3 is 2.42 bits per heavy atom. The number of benzene rings is 2. The van der Waals surface area contributed by atoms with E-state index in [4.69, 9.17) is 0 Å². The van der Waals surface area contributed by atoms with Gasteiger partial charge in [0.25, 0.3) is 0 Å². The summed E-state index contributed by atoms with van der Waals surface area (Å²) >= 11 is 0. The predicted molar refractivity (Wildman–Crippen MR) is 95.6 cm³/mol. The molecule has 2 aromatic carbocycles. The highest BCUT2D eigenvalue weighted by molar-refractivity contribution is 5.47. The average molecular weight is 328 g/mol. The van der Waals surface area contributed by atoms with E-state index in [9.17, 15) is 9.50 Å². The van der Waals surface area contributed by atoms with Gasteiger partial charge >= 0.3 is 0 Å². The third kappa shape index (κ3) is 4.34. The van der Waals surface area contributed by atoms with E-state index in [-0.39, 0.29) is 5.82 Å². The molecule has 0 aromatic heterocycles. The Kier molecular flexibility index (Phi) is 5.83. The maximum atomic E-state index is 13.6. The fraction of sp³-hybridized carbons (Fsp3) is 0.400. The third-order valence-corrected chi connectivity index (χ3v) is 4.59. The summed E-state index contributed by atoms with van der Waals surface area (Å²) in [6.07, 6.45) is 3.05. The van der Waals surface area contributed by atoms with Gasteiger partial charge in [0.05, 0.1) is 6.10 Å². The smallest absolute Gasteiger partial charge is 0.129 e. The molecule has 1 unspecified atom stereocenters. The molecule has 1 heterocycles. The number of halogens is 1. The van der Waals surface area contributed by atoms with Gasteiger partial charge in [0.1, 0.15) is 5.82 Å². The van der Waals surface area contributed by atoms with Crippen LogP contribution in [-0.4, -0.2) is 24.7 Å². The van der Waals surface area contributed by atoms with Gasteiger partial charge in [-0.1, -0.05) is 30.3 Å². The fourth-order valence-corrected chi connectivity index (χ4v) is 3.19. The standard InChI is InChI=1S/C20H25FN2O/c21-19-7-3-2-6-18(19)20(24)15-22-14-16-8-10-17(11-9-16)23-12-4-1-5-13-23/h2-3,6-11,20,22,24H,1,4-5,12-15H2. The lowest BCUT2D eigenvalue weighted by Crippen LogP contribution is -2.29. The SMILES string of the molecule is OC(CNCc1ccc(N2CCCCC2)cc1)c1ccccc1F. The van der Waals surface area contributed by atoms with E-state index >= 15 is 0 Å². The van der Waals surface area contributed by atoms with Crippen LogP contribution in [0.4, 0.5) is 10.1 Å². The Balaban J connectivity index is 1.49. The Bertz CT molecular complexity index is 638. The van der Waals surface area contributed by atoms with Crippen LogP contribution in [-0.2, 0) is 6.54 Å². The zero-order valence-corrected chi connectivity index (χ0v) is 13.9. The average Bonchev–Trinajstić information content (AvgIpc) is 2.63. The highest BCUT2D eigenvalue weighted by Gasteiger charge is 2.12. The van der Waals surface area contributed by atoms with Gasteiger partial charge in [0.2, 0.25) is 0 Å². The van der Waals surface area contributed by atoms with Gasteiger partial charge in [-0.2, -0.15) is 0 Å². The molecule has 128 valence electrons. The van der Waals surface area contributed by atoms with Gasteiger partial charge in [-0.25, -0.2) is 4.39 Å². The lowest BCUT2D eigenvalue weighted by Gasteiger charge is -2.28. The lowest BCUT2D eigenvalue weighted by atomic mass is 10.1. The van der Waals surface area contributed by atoms with E-state index < -0.39 is 6.10 Å². The van der Waals surface area contributed by atoms with Crippen molar-refractivity contribution in [2.75, 3.05) is 24.5 Å². The van der Waals surface area contributed by atoms with Crippen molar-refractivity contribution in [2.24, 2.45) is 0 Å². The summed E-state index contributed by atoms with van der Waals surface area (Å²) in [6.45, 7) is 3.28. The normalized spacial score (nSPS) is 16.2. The van der Waals surface area contributed by atoms with Crippen LogP contribution in [0.1, 0.15) is 36.5 Å². The Morgan fingerprint density at radius 1 is 1.00 bits per heavy atom. The second-order valence-corrected chi connectivity index (χ2v) is 6.38. The molecule has 3 nitrogen and oxygen atoms in total.